The number of hydrogen-bond donors (Lipinski definition) is 1. The first-order valence-corrected chi connectivity index (χ1v) is 12.0. The van der Waals surface area contributed by atoms with Crippen LogP contribution in [0.2, 0.25) is 0 Å². The fourth-order valence-corrected chi connectivity index (χ4v) is 4.86. The predicted molar refractivity (Wildman–Crippen MR) is 143 cm³/mol. The average Bonchev–Trinajstić information content (AvgIpc) is 3.49. The molecule has 8 nitrogen and oxygen atoms in total. The Kier molecular flexibility index (Phi) is 6.39. The Bertz CT molecular complexity index is 1390. The highest BCUT2D eigenvalue weighted by molar-refractivity contribution is 7.80. The molecule has 5 rings (SSSR count). The van der Waals surface area contributed by atoms with Gasteiger partial charge < -0.3 is 19.5 Å². The minimum absolute atomic E-state index is 0.0334. The van der Waals surface area contributed by atoms with Crippen LogP contribution in [0.15, 0.2) is 91.3 Å². The highest BCUT2D eigenvalue weighted by Crippen LogP contribution is 2.42. The van der Waals surface area contributed by atoms with E-state index in [9.17, 15) is 10.1 Å². The number of non-ortho nitro benzene ring substituents is 1. The molecule has 1 aliphatic heterocycles. The molecule has 2 aromatic carbocycles. The first-order chi connectivity index (χ1) is 17.4. The number of nitro benzene ring substituents is 1. The summed E-state index contributed by atoms with van der Waals surface area (Å²) in [5.41, 5.74) is 3.40. The van der Waals surface area contributed by atoms with Gasteiger partial charge in [0.05, 0.1) is 28.5 Å². The van der Waals surface area contributed by atoms with Crippen molar-refractivity contribution >= 4 is 28.7 Å². The number of anilines is 1. The predicted octanol–water partition coefficient (Wildman–Crippen LogP) is 5.74. The van der Waals surface area contributed by atoms with Crippen LogP contribution in [0.3, 0.4) is 0 Å². The number of aromatic nitrogens is 2. The van der Waals surface area contributed by atoms with Gasteiger partial charge in [-0.15, -0.1) is 0 Å². The number of nitrogens with one attached hydrogen (secondary N) is 1. The number of nitro groups is 1. The SMILES string of the molecule is CC(C)Oc1ccc(N2C(=S)N[C@@H](c3ccccn3)[C@@H]2c2cccn2-c2cccc([N+](=O)[O-])c2)cc1. The van der Waals surface area contributed by atoms with Crippen molar-refractivity contribution in [2.24, 2.45) is 0 Å². The molecule has 4 aromatic rings. The first-order valence-electron chi connectivity index (χ1n) is 11.6. The maximum absolute atomic E-state index is 11.4. The minimum Gasteiger partial charge on any atom is -0.491 e. The van der Waals surface area contributed by atoms with Gasteiger partial charge in [0.15, 0.2) is 5.11 Å². The number of ether oxygens (including phenoxy) is 1. The molecule has 0 bridgehead atoms. The molecule has 2 atom stereocenters. The summed E-state index contributed by atoms with van der Waals surface area (Å²) in [6.07, 6.45) is 3.74. The van der Waals surface area contributed by atoms with Gasteiger partial charge in [0.1, 0.15) is 11.8 Å². The Hall–Kier alpha value is -4.24. The molecule has 1 N–H and O–H groups in total. The molecule has 1 fully saturated rings. The fraction of sp³-hybridized carbons (Fsp3) is 0.185. The Morgan fingerprint density at radius 1 is 1.03 bits per heavy atom. The number of pyridine rings is 1. The van der Waals surface area contributed by atoms with Crippen molar-refractivity contribution in [2.45, 2.75) is 32.0 Å². The molecule has 182 valence electrons. The van der Waals surface area contributed by atoms with E-state index in [1.807, 2.05) is 85.3 Å². The average molecular weight is 500 g/mol. The van der Waals surface area contributed by atoms with Crippen molar-refractivity contribution < 1.29 is 9.66 Å². The molecule has 0 amide bonds. The van der Waals surface area contributed by atoms with Gasteiger partial charge in [0.2, 0.25) is 0 Å². The van der Waals surface area contributed by atoms with E-state index >= 15 is 0 Å². The van der Waals surface area contributed by atoms with Crippen molar-refractivity contribution in [2.75, 3.05) is 4.90 Å². The second kappa shape index (κ2) is 9.79. The van der Waals surface area contributed by atoms with E-state index in [0.717, 1.165) is 22.8 Å². The van der Waals surface area contributed by atoms with Crippen LogP contribution in [0.4, 0.5) is 11.4 Å². The van der Waals surface area contributed by atoms with Gasteiger partial charge in [-0.1, -0.05) is 12.1 Å². The van der Waals surface area contributed by atoms with Crippen LogP contribution in [0, 0.1) is 10.1 Å². The monoisotopic (exact) mass is 499 g/mol. The van der Waals surface area contributed by atoms with Gasteiger partial charge in [0.25, 0.3) is 5.69 Å². The molecular weight excluding hydrogens is 474 g/mol. The zero-order valence-corrected chi connectivity index (χ0v) is 20.6. The summed E-state index contributed by atoms with van der Waals surface area (Å²) < 4.78 is 7.78. The molecule has 9 heteroatoms. The summed E-state index contributed by atoms with van der Waals surface area (Å²) in [5, 5.41) is 15.4. The molecule has 36 heavy (non-hydrogen) atoms. The van der Waals surface area contributed by atoms with Gasteiger partial charge in [0, 0.05) is 35.9 Å². The smallest absolute Gasteiger partial charge is 0.271 e. The van der Waals surface area contributed by atoms with E-state index in [1.54, 1.807) is 18.3 Å². The van der Waals surface area contributed by atoms with Crippen LogP contribution in [0.1, 0.15) is 37.3 Å². The lowest BCUT2D eigenvalue weighted by Gasteiger charge is -2.29. The van der Waals surface area contributed by atoms with Crippen molar-refractivity contribution in [1.29, 1.82) is 0 Å². The number of rotatable bonds is 7. The summed E-state index contributed by atoms with van der Waals surface area (Å²) in [7, 11) is 0. The second-order valence-corrected chi connectivity index (χ2v) is 9.12. The normalized spacial score (nSPS) is 17.3. The molecule has 0 aliphatic carbocycles. The van der Waals surface area contributed by atoms with Gasteiger partial charge in [-0.25, -0.2) is 0 Å². The van der Waals surface area contributed by atoms with E-state index in [2.05, 4.69) is 15.2 Å². The molecule has 3 heterocycles. The second-order valence-electron chi connectivity index (χ2n) is 8.74. The van der Waals surface area contributed by atoms with Crippen molar-refractivity contribution in [3.63, 3.8) is 0 Å². The summed E-state index contributed by atoms with van der Waals surface area (Å²) in [6, 6.07) is 23.7. The van der Waals surface area contributed by atoms with Gasteiger partial charge in [-0.05, 0) is 80.7 Å². The van der Waals surface area contributed by atoms with Crippen LogP contribution in [0.25, 0.3) is 5.69 Å². The zero-order chi connectivity index (χ0) is 25.2. The number of nitrogens with zero attached hydrogens (tertiary/aromatic N) is 4. The lowest BCUT2D eigenvalue weighted by molar-refractivity contribution is -0.384. The van der Waals surface area contributed by atoms with Crippen molar-refractivity contribution in [1.82, 2.24) is 14.9 Å². The van der Waals surface area contributed by atoms with Gasteiger partial charge in [-0.2, -0.15) is 0 Å². The number of thiocarbonyl (C=S) groups is 1. The van der Waals surface area contributed by atoms with E-state index in [4.69, 9.17) is 17.0 Å². The summed E-state index contributed by atoms with van der Waals surface area (Å²) in [5.74, 6) is 0.782. The number of hydrogen-bond acceptors (Lipinski definition) is 5. The quantitative estimate of drug-likeness (QED) is 0.197. The zero-order valence-electron chi connectivity index (χ0n) is 19.8. The standard InChI is InChI=1S/C27H25N5O3S/c1-18(2)35-22-13-11-19(12-14-22)31-26(25(29-27(31)36)23-9-3-4-15-28-23)24-10-6-16-30(24)20-7-5-8-21(17-20)32(33)34/h3-18,25-26H,1-2H3,(H,29,36)/t25-,26-/m0/s1. The van der Waals surface area contributed by atoms with Crippen LogP contribution >= 0.6 is 12.2 Å². The first kappa shape index (κ1) is 23.5. The van der Waals surface area contributed by atoms with E-state index in [1.165, 1.54) is 6.07 Å². The molecule has 0 unspecified atom stereocenters. The molecule has 2 aromatic heterocycles. The highest BCUT2D eigenvalue weighted by atomic mass is 32.1. The third kappa shape index (κ3) is 4.52. The Morgan fingerprint density at radius 3 is 2.53 bits per heavy atom. The molecule has 0 saturated carbocycles. The molecule has 1 aliphatic rings. The summed E-state index contributed by atoms with van der Waals surface area (Å²) in [4.78, 5) is 17.7. The highest BCUT2D eigenvalue weighted by Gasteiger charge is 2.42. The molecule has 1 saturated heterocycles. The largest absolute Gasteiger partial charge is 0.491 e. The van der Waals surface area contributed by atoms with Crippen LogP contribution < -0.4 is 15.0 Å². The van der Waals surface area contributed by atoms with E-state index in [-0.39, 0.29) is 28.8 Å². The van der Waals surface area contributed by atoms with Crippen molar-refractivity contribution in [3.05, 3.63) is 113 Å². The van der Waals surface area contributed by atoms with Crippen LogP contribution in [-0.4, -0.2) is 25.7 Å². The maximum Gasteiger partial charge on any atom is 0.271 e. The van der Waals surface area contributed by atoms with E-state index in [0.29, 0.717) is 10.8 Å². The lowest BCUT2D eigenvalue weighted by atomic mass is 10.0. The minimum atomic E-state index is -0.386. The Morgan fingerprint density at radius 2 is 1.83 bits per heavy atom. The lowest BCUT2D eigenvalue weighted by Crippen LogP contribution is -2.30. The molecule has 0 spiro atoms. The summed E-state index contributed by atoms with van der Waals surface area (Å²) in [6.45, 7) is 3.98. The molecule has 0 radical (unpaired) electrons. The van der Waals surface area contributed by atoms with Crippen LogP contribution in [-0.2, 0) is 0 Å². The third-order valence-corrected chi connectivity index (χ3v) is 6.30. The number of benzene rings is 2. The third-order valence-electron chi connectivity index (χ3n) is 5.99. The fourth-order valence-electron chi connectivity index (χ4n) is 4.52. The topological polar surface area (TPSA) is 85.5 Å². The molecular formula is C27H25N5O3S. The van der Waals surface area contributed by atoms with Gasteiger partial charge in [-0.3, -0.25) is 15.1 Å². The Balaban J connectivity index is 1.61. The van der Waals surface area contributed by atoms with Crippen molar-refractivity contribution in [3.8, 4) is 11.4 Å². The summed E-state index contributed by atoms with van der Waals surface area (Å²) >= 11 is 5.83. The van der Waals surface area contributed by atoms with Crippen LogP contribution in [0.5, 0.6) is 5.75 Å². The Labute approximate surface area is 214 Å². The maximum atomic E-state index is 11.4. The van der Waals surface area contributed by atoms with Gasteiger partial charge >= 0.3 is 0 Å². The van der Waals surface area contributed by atoms with E-state index < -0.39 is 0 Å².